The number of hydrogen-bond donors (Lipinski definition) is 2. The summed E-state index contributed by atoms with van der Waals surface area (Å²) in [5.74, 6) is -0.368. The summed E-state index contributed by atoms with van der Waals surface area (Å²) in [6.45, 7) is 4.05. The zero-order valence-corrected chi connectivity index (χ0v) is 19.1. The number of carbonyl (C=O) groups is 1. The van der Waals surface area contributed by atoms with Crippen LogP contribution in [0, 0.1) is 13.8 Å². The molecule has 0 unspecified atom stereocenters. The highest BCUT2D eigenvalue weighted by Gasteiger charge is 2.16. The van der Waals surface area contributed by atoms with Crippen LogP contribution in [0.3, 0.4) is 0 Å². The molecule has 0 spiro atoms. The van der Waals surface area contributed by atoms with Crippen molar-refractivity contribution in [2.24, 2.45) is 0 Å². The van der Waals surface area contributed by atoms with Gasteiger partial charge in [0, 0.05) is 22.2 Å². The molecule has 0 radical (unpaired) electrons. The predicted molar refractivity (Wildman–Crippen MR) is 129 cm³/mol. The summed E-state index contributed by atoms with van der Waals surface area (Å²) in [6.07, 6.45) is 0. The van der Waals surface area contributed by atoms with Crippen LogP contribution >= 0.6 is 11.3 Å². The Balaban J connectivity index is 1.50. The van der Waals surface area contributed by atoms with Gasteiger partial charge in [0.2, 0.25) is 0 Å². The van der Waals surface area contributed by atoms with Crippen LogP contribution in [0.15, 0.2) is 83.1 Å². The molecule has 1 heterocycles. The third kappa shape index (κ3) is 4.87. The summed E-state index contributed by atoms with van der Waals surface area (Å²) in [4.78, 5) is 17.4. The Bertz CT molecular complexity index is 1380. The first-order chi connectivity index (χ1) is 15.3. The molecule has 4 aromatic rings. The fourth-order valence-electron chi connectivity index (χ4n) is 3.17. The smallest absolute Gasteiger partial charge is 0.261 e. The third-order valence-electron chi connectivity index (χ3n) is 4.82. The number of nitrogens with zero attached hydrogens (tertiary/aromatic N) is 1. The van der Waals surface area contributed by atoms with Crippen molar-refractivity contribution in [1.29, 1.82) is 0 Å². The summed E-state index contributed by atoms with van der Waals surface area (Å²) in [5.41, 5.74) is 4.70. The minimum atomic E-state index is -3.74. The molecule has 2 N–H and O–H groups in total. The van der Waals surface area contributed by atoms with Gasteiger partial charge in [0.25, 0.3) is 15.9 Å². The summed E-state index contributed by atoms with van der Waals surface area (Å²) in [5, 5.41) is 5.17. The molecule has 0 aliphatic heterocycles. The van der Waals surface area contributed by atoms with Gasteiger partial charge in [0.15, 0.2) is 5.13 Å². The zero-order chi connectivity index (χ0) is 22.7. The Morgan fingerprint density at radius 2 is 1.72 bits per heavy atom. The average molecular weight is 464 g/mol. The van der Waals surface area contributed by atoms with Crippen molar-refractivity contribution >= 4 is 38.1 Å². The number of sulfonamides is 1. The quantitative estimate of drug-likeness (QED) is 0.396. The van der Waals surface area contributed by atoms with Gasteiger partial charge in [0.05, 0.1) is 10.6 Å². The van der Waals surface area contributed by atoms with Crippen LogP contribution in [-0.4, -0.2) is 19.3 Å². The molecule has 0 aliphatic rings. The number of thiazole rings is 1. The molecule has 32 heavy (non-hydrogen) atoms. The van der Waals surface area contributed by atoms with Crippen molar-refractivity contribution < 1.29 is 13.2 Å². The molecular weight excluding hydrogens is 442 g/mol. The first-order valence-corrected chi connectivity index (χ1v) is 12.2. The van der Waals surface area contributed by atoms with Crippen molar-refractivity contribution in [2.75, 3.05) is 10.0 Å². The Hall–Kier alpha value is -3.49. The molecule has 8 heteroatoms. The van der Waals surface area contributed by atoms with Crippen LogP contribution in [0.5, 0.6) is 0 Å². The standard InChI is InChI=1S/C24H21N3O3S2/c1-16-11-12-17(2)21(13-16)22-15-31-24(25-22)26-23(28)18-7-6-8-19(14-18)27-32(29,30)20-9-4-3-5-10-20/h3-15,27H,1-2H3,(H,25,26,28). The average Bonchev–Trinajstić information content (AvgIpc) is 3.24. The van der Waals surface area contributed by atoms with Gasteiger partial charge in [-0.1, -0.05) is 42.0 Å². The molecule has 6 nitrogen and oxygen atoms in total. The molecule has 0 saturated heterocycles. The number of benzene rings is 3. The maximum Gasteiger partial charge on any atom is 0.261 e. The molecule has 0 bridgehead atoms. The number of amides is 1. The Morgan fingerprint density at radius 1 is 0.938 bits per heavy atom. The molecule has 0 atom stereocenters. The second kappa shape index (κ2) is 8.94. The summed E-state index contributed by atoms with van der Waals surface area (Å²) >= 11 is 1.34. The number of nitrogens with one attached hydrogen (secondary N) is 2. The van der Waals surface area contributed by atoms with Crippen molar-refractivity contribution in [3.8, 4) is 11.3 Å². The Labute approximate surface area is 191 Å². The van der Waals surface area contributed by atoms with Gasteiger partial charge in [-0.25, -0.2) is 13.4 Å². The lowest BCUT2D eigenvalue weighted by Gasteiger charge is -2.09. The second-order valence-corrected chi connectivity index (χ2v) is 9.85. The van der Waals surface area contributed by atoms with Crippen LogP contribution < -0.4 is 10.0 Å². The van der Waals surface area contributed by atoms with E-state index in [1.54, 1.807) is 36.4 Å². The third-order valence-corrected chi connectivity index (χ3v) is 6.98. The first kappa shape index (κ1) is 21.7. The molecule has 1 amide bonds. The van der Waals surface area contributed by atoms with Gasteiger partial charge in [-0.3, -0.25) is 14.8 Å². The van der Waals surface area contributed by atoms with E-state index in [0.717, 1.165) is 22.4 Å². The molecule has 3 aromatic carbocycles. The lowest BCUT2D eigenvalue weighted by molar-refractivity contribution is 0.102. The molecule has 1 aromatic heterocycles. The van der Waals surface area contributed by atoms with Crippen molar-refractivity contribution in [3.63, 3.8) is 0 Å². The lowest BCUT2D eigenvalue weighted by Crippen LogP contribution is -2.15. The monoisotopic (exact) mass is 463 g/mol. The normalized spacial score (nSPS) is 11.2. The first-order valence-electron chi connectivity index (χ1n) is 9.84. The minimum Gasteiger partial charge on any atom is -0.298 e. The fourth-order valence-corrected chi connectivity index (χ4v) is 4.95. The summed E-state index contributed by atoms with van der Waals surface area (Å²) < 4.78 is 27.6. The van der Waals surface area contributed by atoms with Crippen molar-refractivity contribution in [2.45, 2.75) is 18.7 Å². The number of anilines is 2. The van der Waals surface area contributed by atoms with Crippen molar-refractivity contribution in [3.05, 3.63) is 94.9 Å². The minimum absolute atomic E-state index is 0.150. The van der Waals surface area contributed by atoms with Crippen LogP contribution in [0.25, 0.3) is 11.3 Å². The summed E-state index contributed by atoms with van der Waals surface area (Å²) in [7, 11) is -3.74. The van der Waals surface area contributed by atoms with Gasteiger partial charge >= 0.3 is 0 Å². The highest BCUT2D eigenvalue weighted by atomic mass is 32.2. The number of hydrogen-bond acceptors (Lipinski definition) is 5. The number of rotatable bonds is 6. The van der Waals surface area contributed by atoms with E-state index in [1.165, 1.54) is 29.5 Å². The molecule has 0 saturated carbocycles. The van der Waals surface area contributed by atoms with E-state index >= 15 is 0 Å². The molecule has 0 fully saturated rings. The fraction of sp³-hybridized carbons (Fsp3) is 0.0833. The van der Waals surface area contributed by atoms with E-state index in [0.29, 0.717) is 16.4 Å². The highest BCUT2D eigenvalue weighted by Crippen LogP contribution is 2.28. The van der Waals surface area contributed by atoms with Crippen LogP contribution in [0.4, 0.5) is 10.8 Å². The SMILES string of the molecule is Cc1ccc(C)c(-c2csc(NC(=O)c3cccc(NS(=O)(=O)c4ccccc4)c3)n2)c1. The van der Waals surface area contributed by atoms with E-state index in [4.69, 9.17) is 0 Å². The predicted octanol–water partition coefficient (Wildman–Crippen LogP) is 5.48. The Morgan fingerprint density at radius 3 is 2.50 bits per heavy atom. The van der Waals surface area contributed by atoms with Crippen LogP contribution in [-0.2, 0) is 10.0 Å². The maximum absolute atomic E-state index is 12.7. The van der Waals surface area contributed by atoms with E-state index in [9.17, 15) is 13.2 Å². The number of aromatic nitrogens is 1. The number of aryl methyl sites for hydroxylation is 2. The van der Waals surface area contributed by atoms with Crippen LogP contribution in [0.1, 0.15) is 21.5 Å². The summed E-state index contributed by atoms with van der Waals surface area (Å²) in [6, 6.07) is 20.6. The lowest BCUT2D eigenvalue weighted by atomic mass is 10.0. The van der Waals surface area contributed by atoms with E-state index in [1.807, 2.05) is 31.4 Å². The highest BCUT2D eigenvalue weighted by molar-refractivity contribution is 7.92. The second-order valence-electron chi connectivity index (χ2n) is 7.31. The van der Waals surface area contributed by atoms with Gasteiger partial charge in [-0.15, -0.1) is 11.3 Å². The van der Waals surface area contributed by atoms with Crippen molar-refractivity contribution in [1.82, 2.24) is 4.98 Å². The molecule has 4 rings (SSSR count). The molecule has 162 valence electrons. The van der Waals surface area contributed by atoms with Gasteiger partial charge in [-0.05, 0) is 55.8 Å². The van der Waals surface area contributed by atoms with Crippen LogP contribution in [0.2, 0.25) is 0 Å². The number of carbonyl (C=O) groups excluding carboxylic acids is 1. The van der Waals surface area contributed by atoms with E-state index in [-0.39, 0.29) is 10.8 Å². The van der Waals surface area contributed by atoms with Gasteiger partial charge in [0.1, 0.15) is 0 Å². The maximum atomic E-state index is 12.7. The molecule has 0 aliphatic carbocycles. The molecular formula is C24H21N3O3S2. The van der Waals surface area contributed by atoms with E-state index in [2.05, 4.69) is 21.1 Å². The van der Waals surface area contributed by atoms with Gasteiger partial charge < -0.3 is 0 Å². The van der Waals surface area contributed by atoms with Gasteiger partial charge in [-0.2, -0.15) is 0 Å². The Kier molecular flexibility index (Phi) is 6.07. The van der Waals surface area contributed by atoms with E-state index < -0.39 is 10.0 Å². The largest absolute Gasteiger partial charge is 0.298 e. The zero-order valence-electron chi connectivity index (χ0n) is 17.5. The topological polar surface area (TPSA) is 88.2 Å².